The second kappa shape index (κ2) is 10.4. The average molecular weight is 428 g/mol. The van der Waals surface area contributed by atoms with E-state index in [2.05, 4.69) is 5.32 Å². The quantitative estimate of drug-likeness (QED) is 0.532. The Morgan fingerprint density at radius 3 is 2.43 bits per heavy atom. The van der Waals surface area contributed by atoms with Gasteiger partial charge in [-0.3, -0.25) is 4.79 Å². The molecular formula is C23H19ClFNO4. The van der Waals surface area contributed by atoms with Crippen LogP contribution in [-0.4, -0.2) is 25.1 Å². The Morgan fingerprint density at radius 2 is 1.67 bits per heavy atom. The first-order valence-corrected chi connectivity index (χ1v) is 9.54. The van der Waals surface area contributed by atoms with Gasteiger partial charge in [-0.1, -0.05) is 60.1 Å². The van der Waals surface area contributed by atoms with Crippen LogP contribution in [0.2, 0.25) is 5.02 Å². The zero-order chi connectivity index (χ0) is 21.3. The molecule has 0 saturated heterocycles. The predicted molar refractivity (Wildman–Crippen MR) is 112 cm³/mol. The maximum atomic E-state index is 13.0. The van der Waals surface area contributed by atoms with Crippen LogP contribution in [0.15, 0.2) is 72.8 Å². The maximum Gasteiger partial charge on any atom is 0.344 e. The highest BCUT2D eigenvalue weighted by molar-refractivity contribution is 6.33. The van der Waals surface area contributed by atoms with Gasteiger partial charge in [0.1, 0.15) is 11.6 Å². The van der Waals surface area contributed by atoms with Crippen LogP contribution in [-0.2, 0) is 20.7 Å². The lowest BCUT2D eigenvalue weighted by Crippen LogP contribution is -2.24. The Bertz CT molecular complexity index is 1030. The zero-order valence-electron chi connectivity index (χ0n) is 15.9. The van der Waals surface area contributed by atoms with Crippen LogP contribution in [0.5, 0.6) is 5.75 Å². The van der Waals surface area contributed by atoms with Crippen molar-refractivity contribution >= 4 is 29.2 Å². The topological polar surface area (TPSA) is 64.6 Å². The van der Waals surface area contributed by atoms with E-state index in [-0.39, 0.29) is 17.3 Å². The second-order valence-electron chi connectivity index (χ2n) is 6.39. The standard InChI is InChI=1S/C23H19ClFNO4/c24-19-13-18(25)10-11-20(19)26-22(27)14-30-23(28)15-29-21-9-5-4-8-17(21)12-16-6-2-1-3-7-16/h1-11,13H,12,14-15H2,(H,26,27). The highest BCUT2D eigenvalue weighted by Gasteiger charge is 2.12. The highest BCUT2D eigenvalue weighted by atomic mass is 35.5. The first kappa shape index (κ1) is 21.3. The fourth-order valence-corrected chi connectivity index (χ4v) is 2.92. The molecule has 1 amide bonds. The molecule has 0 aliphatic carbocycles. The minimum Gasteiger partial charge on any atom is -0.482 e. The number of nitrogens with one attached hydrogen (secondary N) is 1. The third kappa shape index (κ3) is 6.32. The number of amides is 1. The van der Waals surface area contributed by atoms with Crippen molar-refractivity contribution in [1.82, 2.24) is 0 Å². The molecule has 0 heterocycles. The number of rotatable bonds is 8. The van der Waals surface area contributed by atoms with Crippen molar-refractivity contribution in [2.24, 2.45) is 0 Å². The molecule has 0 fully saturated rings. The summed E-state index contributed by atoms with van der Waals surface area (Å²) in [6.07, 6.45) is 0.660. The van der Waals surface area contributed by atoms with Crippen molar-refractivity contribution in [2.45, 2.75) is 6.42 Å². The maximum absolute atomic E-state index is 13.0. The number of carbonyl (C=O) groups excluding carboxylic acids is 2. The molecule has 0 spiro atoms. The fraction of sp³-hybridized carbons (Fsp3) is 0.130. The number of ether oxygens (including phenoxy) is 2. The minimum absolute atomic E-state index is 0.0491. The van der Waals surface area contributed by atoms with Crippen LogP contribution >= 0.6 is 11.6 Å². The van der Waals surface area contributed by atoms with Gasteiger partial charge in [-0.05, 0) is 35.4 Å². The first-order valence-electron chi connectivity index (χ1n) is 9.16. The lowest BCUT2D eigenvalue weighted by atomic mass is 10.0. The summed E-state index contributed by atoms with van der Waals surface area (Å²) >= 11 is 5.84. The molecular weight excluding hydrogens is 409 g/mol. The highest BCUT2D eigenvalue weighted by Crippen LogP contribution is 2.23. The van der Waals surface area contributed by atoms with Gasteiger partial charge in [-0.25, -0.2) is 9.18 Å². The third-order valence-electron chi connectivity index (χ3n) is 4.13. The van der Waals surface area contributed by atoms with E-state index in [0.29, 0.717) is 12.2 Å². The number of halogens is 2. The Labute approximate surface area is 178 Å². The molecule has 0 radical (unpaired) electrons. The molecule has 3 aromatic rings. The molecule has 5 nitrogen and oxygen atoms in total. The summed E-state index contributed by atoms with van der Waals surface area (Å²) in [5.74, 6) is -1.24. The van der Waals surface area contributed by atoms with E-state index < -0.39 is 24.3 Å². The van der Waals surface area contributed by atoms with E-state index >= 15 is 0 Å². The van der Waals surface area contributed by atoms with Crippen LogP contribution < -0.4 is 10.1 Å². The molecule has 0 bridgehead atoms. The Morgan fingerprint density at radius 1 is 0.933 bits per heavy atom. The van der Waals surface area contributed by atoms with Crippen molar-refractivity contribution in [3.63, 3.8) is 0 Å². The van der Waals surface area contributed by atoms with E-state index in [0.717, 1.165) is 23.3 Å². The Hall–Kier alpha value is -3.38. The van der Waals surface area contributed by atoms with E-state index in [4.69, 9.17) is 21.1 Å². The molecule has 154 valence electrons. The number of esters is 1. The number of hydrogen-bond donors (Lipinski definition) is 1. The second-order valence-corrected chi connectivity index (χ2v) is 6.80. The van der Waals surface area contributed by atoms with Crippen molar-refractivity contribution in [3.8, 4) is 5.75 Å². The van der Waals surface area contributed by atoms with Crippen LogP contribution in [0.3, 0.4) is 0 Å². The average Bonchev–Trinajstić information content (AvgIpc) is 2.74. The van der Waals surface area contributed by atoms with Gasteiger partial charge in [0.25, 0.3) is 5.91 Å². The van der Waals surface area contributed by atoms with Crippen molar-refractivity contribution in [3.05, 3.63) is 94.8 Å². The van der Waals surface area contributed by atoms with Crippen LogP contribution in [0.4, 0.5) is 10.1 Å². The van der Waals surface area contributed by atoms with Gasteiger partial charge in [0, 0.05) is 6.42 Å². The lowest BCUT2D eigenvalue weighted by molar-refractivity contribution is -0.149. The largest absolute Gasteiger partial charge is 0.482 e. The molecule has 0 saturated carbocycles. The van der Waals surface area contributed by atoms with Crippen molar-refractivity contribution in [1.29, 1.82) is 0 Å². The summed E-state index contributed by atoms with van der Waals surface area (Å²) in [6, 6.07) is 20.9. The van der Waals surface area contributed by atoms with E-state index in [1.54, 1.807) is 6.07 Å². The minimum atomic E-state index is -0.690. The number of benzene rings is 3. The van der Waals surface area contributed by atoms with Gasteiger partial charge in [-0.2, -0.15) is 0 Å². The summed E-state index contributed by atoms with van der Waals surface area (Å²) in [6.45, 7) is -0.849. The fourth-order valence-electron chi connectivity index (χ4n) is 2.71. The van der Waals surface area contributed by atoms with Crippen LogP contribution in [0, 0.1) is 5.82 Å². The number of hydrogen-bond acceptors (Lipinski definition) is 4. The van der Waals surface area contributed by atoms with Crippen molar-refractivity contribution < 1.29 is 23.5 Å². The SMILES string of the molecule is O=C(COC(=O)COc1ccccc1Cc1ccccc1)Nc1ccc(F)cc1Cl. The van der Waals surface area contributed by atoms with Gasteiger partial charge >= 0.3 is 5.97 Å². The molecule has 30 heavy (non-hydrogen) atoms. The zero-order valence-corrected chi connectivity index (χ0v) is 16.7. The summed E-state index contributed by atoms with van der Waals surface area (Å²) in [5, 5.41) is 2.50. The molecule has 0 aliphatic rings. The summed E-state index contributed by atoms with van der Waals surface area (Å²) in [4.78, 5) is 23.9. The van der Waals surface area contributed by atoms with E-state index in [1.807, 2.05) is 48.5 Å². The molecule has 0 aliphatic heterocycles. The van der Waals surface area contributed by atoms with Crippen molar-refractivity contribution in [2.75, 3.05) is 18.5 Å². The van der Waals surface area contributed by atoms with E-state index in [1.165, 1.54) is 6.07 Å². The van der Waals surface area contributed by atoms with Crippen LogP contribution in [0.25, 0.3) is 0 Å². The molecule has 0 aromatic heterocycles. The summed E-state index contributed by atoms with van der Waals surface area (Å²) in [5.41, 5.74) is 2.28. The summed E-state index contributed by atoms with van der Waals surface area (Å²) in [7, 11) is 0. The van der Waals surface area contributed by atoms with Gasteiger partial charge < -0.3 is 14.8 Å². The lowest BCUT2D eigenvalue weighted by Gasteiger charge is -2.12. The molecule has 0 atom stereocenters. The van der Waals surface area contributed by atoms with Gasteiger partial charge in [0.15, 0.2) is 13.2 Å². The van der Waals surface area contributed by atoms with E-state index in [9.17, 15) is 14.0 Å². The molecule has 7 heteroatoms. The first-order chi connectivity index (χ1) is 14.5. The monoisotopic (exact) mass is 427 g/mol. The predicted octanol–water partition coefficient (Wildman–Crippen LogP) is 4.63. The Balaban J connectivity index is 1.48. The normalized spacial score (nSPS) is 10.3. The smallest absolute Gasteiger partial charge is 0.344 e. The number of carbonyl (C=O) groups is 2. The number of anilines is 1. The molecule has 3 rings (SSSR count). The van der Waals surface area contributed by atoms with Gasteiger partial charge in [0.2, 0.25) is 0 Å². The summed E-state index contributed by atoms with van der Waals surface area (Å²) < 4.78 is 23.5. The van der Waals surface area contributed by atoms with Gasteiger partial charge in [0.05, 0.1) is 10.7 Å². The van der Waals surface area contributed by atoms with Gasteiger partial charge in [-0.15, -0.1) is 0 Å². The molecule has 1 N–H and O–H groups in total. The number of para-hydroxylation sites is 1. The van der Waals surface area contributed by atoms with Crippen LogP contribution in [0.1, 0.15) is 11.1 Å². The molecule has 0 unspecified atom stereocenters. The Kier molecular flexibility index (Phi) is 7.40. The molecule has 3 aromatic carbocycles. The third-order valence-corrected chi connectivity index (χ3v) is 4.44.